The zero-order valence-corrected chi connectivity index (χ0v) is 11.2. The molecular weight excluding hydrogens is 250 g/mol. The highest BCUT2D eigenvalue weighted by Crippen LogP contribution is 2.25. The van der Waals surface area contributed by atoms with Gasteiger partial charge in [0.1, 0.15) is 0 Å². The maximum atomic E-state index is 12.1. The molecule has 3 N–H and O–H groups in total. The highest BCUT2D eigenvalue weighted by atomic mass is 35.5. The standard InChI is InChI=1S/C13H18ClN3O/c1-9(15)13(18)17-6-5-16-8-12(17)10-3-2-4-11(14)7-10/h2-4,7,9,12,16H,5-6,8,15H2,1H3/t9-,12?/m0/s1. The summed E-state index contributed by atoms with van der Waals surface area (Å²) in [4.78, 5) is 13.9. The number of benzene rings is 1. The van der Waals surface area contributed by atoms with E-state index in [0.29, 0.717) is 11.6 Å². The Balaban J connectivity index is 2.25. The van der Waals surface area contributed by atoms with Crippen LogP contribution in [0.15, 0.2) is 24.3 Å². The molecule has 4 nitrogen and oxygen atoms in total. The number of carbonyl (C=O) groups excluding carboxylic acids is 1. The van der Waals surface area contributed by atoms with Crippen LogP contribution in [0.4, 0.5) is 0 Å². The first kappa shape index (κ1) is 13.3. The minimum absolute atomic E-state index is 0.0101. The fourth-order valence-corrected chi connectivity index (χ4v) is 2.44. The summed E-state index contributed by atoms with van der Waals surface area (Å²) in [6.45, 7) is 3.94. The Morgan fingerprint density at radius 1 is 1.61 bits per heavy atom. The second kappa shape index (κ2) is 5.69. The molecule has 2 atom stereocenters. The third kappa shape index (κ3) is 2.83. The van der Waals surface area contributed by atoms with E-state index in [1.54, 1.807) is 6.92 Å². The third-order valence-electron chi connectivity index (χ3n) is 3.15. The van der Waals surface area contributed by atoms with Crippen molar-refractivity contribution < 1.29 is 4.79 Å². The van der Waals surface area contributed by atoms with Crippen LogP contribution in [0.2, 0.25) is 5.02 Å². The van der Waals surface area contributed by atoms with E-state index in [0.717, 1.165) is 18.7 Å². The number of hydrogen-bond acceptors (Lipinski definition) is 3. The Hall–Kier alpha value is -1.10. The first-order valence-corrected chi connectivity index (χ1v) is 6.49. The Bertz CT molecular complexity index is 436. The summed E-state index contributed by atoms with van der Waals surface area (Å²) >= 11 is 6.01. The topological polar surface area (TPSA) is 58.4 Å². The van der Waals surface area contributed by atoms with Crippen LogP contribution in [0.3, 0.4) is 0 Å². The lowest BCUT2D eigenvalue weighted by atomic mass is 10.0. The lowest BCUT2D eigenvalue weighted by Gasteiger charge is -2.37. The Morgan fingerprint density at radius 3 is 3.06 bits per heavy atom. The zero-order chi connectivity index (χ0) is 13.1. The van der Waals surface area contributed by atoms with Gasteiger partial charge in [-0.1, -0.05) is 23.7 Å². The van der Waals surface area contributed by atoms with Gasteiger partial charge in [0, 0.05) is 24.7 Å². The predicted molar refractivity (Wildman–Crippen MR) is 72.4 cm³/mol. The molecule has 0 bridgehead atoms. The van der Waals surface area contributed by atoms with Gasteiger partial charge < -0.3 is 16.0 Å². The van der Waals surface area contributed by atoms with Crippen molar-refractivity contribution in [3.63, 3.8) is 0 Å². The summed E-state index contributed by atoms with van der Waals surface area (Å²) < 4.78 is 0. The zero-order valence-electron chi connectivity index (χ0n) is 10.4. The molecule has 2 rings (SSSR count). The van der Waals surface area contributed by atoms with E-state index in [2.05, 4.69) is 5.32 Å². The molecule has 1 saturated heterocycles. The molecule has 1 aromatic carbocycles. The predicted octanol–water partition coefficient (Wildman–Crippen LogP) is 1.16. The highest BCUT2D eigenvalue weighted by Gasteiger charge is 2.29. The monoisotopic (exact) mass is 267 g/mol. The molecule has 5 heteroatoms. The van der Waals surface area contributed by atoms with Gasteiger partial charge in [0.15, 0.2) is 0 Å². The summed E-state index contributed by atoms with van der Waals surface area (Å²) in [6.07, 6.45) is 0. The lowest BCUT2D eigenvalue weighted by molar-refractivity contribution is -0.135. The number of nitrogens with zero attached hydrogens (tertiary/aromatic N) is 1. The molecule has 0 aromatic heterocycles. The van der Waals surface area contributed by atoms with Gasteiger partial charge in [-0.05, 0) is 24.6 Å². The first-order valence-electron chi connectivity index (χ1n) is 6.12. The number of amides is 1. The van der Waals surface area contributed by atoms with Crippen molar-refractivity contribution in [2.75, 3.05) is 19.6 Å². The second-order valence-corrected chi connectivity index (χ2v) is 5.03. The number of nitrogens with one attached hydrogen (secondary N) is 1. The van der Waals surface area contributed by atoms with Crippen LogP contribution in [0.5, 0.6) is 0 Å². The quantitative estimate of drug-likeness (QED) is 0.845. The summed E-state index contributed by atoms with van der Waals surface area (Å²) in [5, 5.41) is 3.99. The molecule has 98 valence electrons. The molecule has 1 aliphatic rings. The lowest BCUT2D eigenvalue weighted by Crippen LogP contribution is -2.52. The van der Waals surface area contributed by atoms with Crippen LogP contribution in [0, 0.1) is 0 Å². The molecule has 0 radical (unpaired) electrons. The fourth-order valence-electron chi connectivity index (χ4n) is 2.24. The van der Waals surface area contributed by atoms with Crippen molar-refractivity contribution in [2.45, 2.75) is 19.0 Å². The third-order valence-corrected chi connectivity index (χ3v) is 3.38. The van der Waals surface area contributed by atoms with Gasteiger partial charge in [0.05, 0.1) is 12.1 Å². The van der Waals surface area contributed by atoms with E-state index < -0.39 is 6.04 Å². The molecule has 18 heavy (non-hydrogen) atoms. The molecular formula is C13H18ClN3O. The molecule has 0 saturated carbocycles. The van der Waals surface area contributed by atoms with E-state index in [-0.39, 0.29) is 11.9 Å². The van der Waals surface area contributed by atoms with E-state index in [1.807, 2.05) is 29.2 Å². The average Bonchev–Trinajstić information content (AvgIpc) is 2.38. The Kier molecular flexibility index (Phi) is 4.22. The van der Waals surface area contributed by atoms with Gasteiger partial charge in [0.2, 0.25) is 5.91 Å². The van der Waals surface area contributed by atoms with Gasteiger partial charge >= 0.3 is 0 Å². The van der Waals surface area contributed by atoms with E-state index >= 15 is 0 Å². The van der Waals surface area contributed by atoms with Gasteiger partial charge in [-0.25, -0.2) is 0 Å². The van der Waals surface area contributed by atoms with Gasteiger partial charge in [-0.3, -0.25) is 4.79 Å². The number of nitrogens with two attached hydrogens (primary N) is 1. The van der Waals surface area contributed by atoms with Crippen LogP contribution in [-0.4, -0.2) is 36.5 Å². The van der Waals surface area contributed by atoms with Crippen molar-refractivity contribution in [3.8, 4) is 0 Å². The Morgan fingerprint density at radius 2 is 2.39 bits per heavy atom. The van der Waals surface area contributed by atoms with Crippen molar-refractivity contribution in [1.82, 2.24) is 10.2 Å². The molecule has 1 aliphatic heterocycles. The van der Waals surface area contributed by atoms with Crippen LogP contribution >= 0.6 is 11.6 Å². The molecule has 1 amide bonds. The summed E-state index contributed by atoms with van der Waals surface area (Å²) in [6, 6.07) is 7.17. The normalized spacial score (nSPS) is 21.7. The molecule has 1 fully saturated rings. The number of carbonyl (C=O) groups is 1. The van der Waals surface area contributed by atoms with Crippen LogP contribution in [0.1, 0.15) is 18.5 Å². The van der Waals surface area contributed by atoms with E-state index in [4.69, 9.17) is 17.3 Å². The SMILES string of the molecule is C[C@H](N)C(=O)N1CCNCC1c1cccc(Cl)c1. The van der Waals surface area contributed by atoms with Crippen LogP contribution in [0.25, 0.3) is 0 Å². The van der Waals surface area contributed by atoms with Crippen molar-refractivity contribution >= 4 is 17.5 Å². The maximum Gasteiger partial charge on any atom is 0.239 e. The highest BCUT2D eigenvalue weighted by molar-refractivity contribution is 6.30. The summed E-state index contributed by atoms with van der Waals surface area (Å²) in [5.41, 5.74) is 6.74. The average molecular weight is 268 g/mol. The minimum Gasteiger partial charge on any atom is -0.332 e. The molecule has 0 aliphatic carbocycles. The van der Waals surface area contributed by atoms with Crippen molar-refractivity contribution in [3.05, 3.63) is 34.9 Å². The second-order valence-electron chi connectivity index (χ2n) is 4.60. The van der Waals surface area contributed by atoms with Gasteiger partial charge in [0.25, 0.3) is 0 Å². The van der Waals surface area contributed by atoms with Crippen molar-refractivity contribution in [2.24, 2.45) is 5.73 Å². The number of halogens is 1. The summed E-state index contributed by atoms with van der Waals surface area (Å²) in [5.74, 6) is -0.0125. The minimum atomic E-state index is -0.468. The number of rotatable bonds is 2. The number of piperazine rings is 1. The molecule has 1 heterocycles. The van der Waals surface area contributed by atoms with Crippen LogP contribution in [-0.2, 0) is 4.79 Å². The molecule has 1 unspecified atom stereocenters. The van der Waals surface area contributed by atoms with Gasteiger partial charge in [-0.2, -0.15) is 0 Å². The largest absolute Gasteiger partial charge is 0.332 e. The van der Waals surface area contributed by atoms with Gasteiger partial charge in [-0.15, -0.1) is 0 Å². The van der Waals surface area contributed by atoms with Crippen molar-refractivity contribution in [1.29, 1.82) is 0 Å². The Labute approximate surface area is 112 Å². The molecule has 1 aromatic rings. The molecule has 0 spiro atoms. The summed E-state index contributed by atoms with van der Waals surface area (Å²) in [7, 11) is 0. The fraction of sp³-hybridized carbons (Fsp3) is 0.462. The van der Waals surface area contributed by atoms with E-state index in [9.17, 15) is 4.79 Å². The number of hydrogen-bond donors (Lipinski definition) is 2. The smallest absolute Gasteiger partial charge is 0.239 e. The van der Waals surface area contributed by atoms with E-state index in [1.165, 1.54) is 0 Å². The maximum absolute atomic E-state index is 12.1. The van der Waals surface area contributed by atoms with Crippen LogP contribution < -0.4 is 11.1 Å². The first-order chi connectivity index (χ1) is 8.59.